The molecule has 0 saturated heterocycles. The molecule has 0 atom stereocenters. The van der Waals surface area contributed by atoms with Crippen molar-refractivity contribution in [3.63, 3.8) is 0 Å². The number of thiophene rings is 1. The Kier molecular flexibility index (Phi) is 13.3. The first-order valence-corrected chi connectivity index (χ1v) is 16.8. The maximum absolute atomic E-state index is 11.1. The summed E-state index contributed by atoms with van der Waals surface area (Å²) >= 11 is 1.80. The molecule has 2 aromatic carbocycles. The number of carbonyl (C=O) groups is 1. The van der Waals surface area contributed by atoms with Crippen molar-refractivity contribution in [2.24, 2.45) is 5.92 Å². The molecule has 43 heavy (non-hydrogen) atoms. The zero-order valence-corrected chi connectivity index (χ0v) is 26.8. The van der Waals surface area contributed by atoms with E-state index < -0.39 is 5.97 Å². The lowest BCUT2D eigenvalue weighted by atomic mass is 9.83. The molecule has 2 heterocycles. The van der Waals surface area contributed by atoms with Crippen LogP contribution in [0.25, 0.3) is 10.4 Å². The molecular weight excluding hydrogens is 548 g/mol. The van der Waals surface area contributed by atoms with E-state index in [1.807, 2.05) is 18.2 Å². The standard InChI is InChI=1S/C23H24N2O2S.C15H24/c26-23(27)11-13-25(15-17-4-2-1-3-5-17)16-20-7-9-22(28-20)19-6-8-21-18(14-19)10-12-24-21;1-3-5-10-14(11-6-4-2)15-12-8-7-9-13-15/h1-9,14,24H,10-13,15-16H2,(H,26,27);3,5-6,10-11,15H,4,7-9,12-13H2,1-2H3/b;5-3+,11-6-,14-10+. The summed E-state index contributed by atoms with van der Waals surface area (Å²) in [5.74, 6) is 0.0643. The molecule has 0 spiro atoms. The summed E-state index contributed by atoms with van der Waals surface area (Å²) in [4.78, 5) is 15.8. The van der Waals surface area contributed by atoms with Crippen LogP contribution in [-0.4, -0.2) is 29.1 Å². The van der Waals surface area contributed by atoms with Crippen LogP contribution in [0, 0.1) is 5.92 Å². The van der Waals surface area contributed by atoms with Gasteiger partial charge in [-0.1, -0.05) is 93.0 Å². The van der Waals surface area contributed by atoms with E-state index in [1.54, 1.807) is 11.3 Å². The van der Waals surface area contributed by atoms with Gasteiger partial charge in [-0.3, -0.25) is 9.69 Å². The zero-order chi connectivity index (χ0) is 30.3. The zero-order valence-electron chi connectivity index (χ0n) is 25.9. The van der Waals surface area contributed by atoms with Crippen LogP contribution < -0.4 is 5.32 Å². The number of carboxylic acid groups (broad SMARTS) is 1. The fourth-order valence-corrected chi connectivity index (χ4v) is 6.88. The van der Waals surface area contributed by atoms with Gasteiger partial charge < -0.3 is 10.4 Å². The maximum Gasteiger partial charge on any atom is 0.304 e. The Labute approximate surface area is 262 Å². The van der Waals surface area contributed by atoms with Gasteiger partial charge in [-0.2, -0.15) is 0 Å². The molecule has 0 unspecified atom stereocenters. The smallest absolute Gasteiger partial charge is 0.304 e. The number of hydrogen-bond donors (Lipinski definition) is 2. The second kappa shape index (κ2) is 17.6. The van der Waals surface area contributed by atoms with E-state index in [1.165, 1.54) is 69.8 Å². The van der Waals surface area contributed by atoms with Gasteiger partial charge in [0.2, 0.25) is 0 Å². The Balaban J connectivity index is 0.000000239. The van der Waals surface area contributed by atoms with Gasteiger partial charge in [0.05, 0.1) is 6.42 Å². The molecule has 1 aliphatic carbocycles. The van der Waals surface area contributed by atoms with Gasteiger partial charge >= 0.3 is 5.97 Å². The number of hydrogen-bond acceptors (Lipinski definition) is 4. The van der Waals surface area contributed by atoms with Crippen molar-refractivity contribution in [1.29, 1.82) is 0 Å². The number of rotatable bonds is 12. The predicted molar refractivity (Wildman–Crippen MR) is 184 cm³/mol. The Morgan fingerprint density at radius 2 is 1.86 bits per heavy atom. The lowest BCUT2D eigenvalue weighted by Crippen LogP contribution is -2.25. The highest BCUT2D eigenvalue weighted by Crippen LogP contribution is 2.33. The minimum absolute atomic E-state index is 0.156. The van der Waals surface area contributed by atoms with Crippen molar-refractivity contribution in [3.8, 4) is 10.4 Å². The van der Waals surface area contributed by atoms with Crippen LogP contribution in [0.15, 0.2) is 96.6 Å². The molecule has 5 rings (SSSR count). The van der Waals surface area contributed by atoms with Gasteiger partial charge in [-0.15, -0.1) is 11.3 Å². The Morgan fingerprint density at radius 1 is 1.05 bits per heavy atom. The molecule has 1 fully saturated rings. The van der Waals surface area contributed by atoms with Crippen molar-refractivity contribution in [2.45, 2.75) is 78.3 Å². The van der Waals surface area contributed by atoms with Crippen LogP contribution in [-0.2, 0) is 24.3 Å². The Morgan fingerprint density at radius 3 is 2.60 bits per heavy atom. The van der Waals surface area contributed by atoms with Crippen molar-refractivity contribution >= 4 is 23.0 Å². The molecule has 0 amide bonds. The van der Waals surface area contributed by atoms with E-state index in [-0.39, 0.29) is 6.42 Å². The van der Waals surface area contributed by atoms with Crippen molar-refractivity contribution in [3.05, 3.63) is 113 Å². The number of fused-ring (bicyclic) bond motifs is 1. The third-order valence-corrected chi connectivity index (χ3v) is 9.25. The lowest BCUT2D eigenvalue weighted by Gasteiger charge is -2.22. The summed E-state index contributed by atoms with van der Waals surface area (Å²) in [6.45, 7) is 7.36. The predicted octanol–water partition coefficient (Wildman–Crippen LogP) is 9.90. The highest BCUT2D eigenvalue weighted by atomic mass is 32.1. The normalized spacial score (nSPS) is 15.5. The molecule has 5 heteroatoms. The van der Waals surface area contributed by atoms with Crippen molar-refractivity contribution in [2.75, 3.05) is 18.4 Å². The second-order valence-corrected chi connectivity index (χ2v) is 12.7. The fourth-order valence-electron chi connectivity index (χ4n) is 5.83. The molecule has 4 nitrogen and oxygen atoms in total. The first kappa shape index (κ1) is 32.5. The summed E-state index contributed by atoms with van der Waals surface area (Å²) in [6, 6.07) is 21.2. The number of benzene rings is 2. The molecular formula is C38H48N2O2S. The number of nitrogens with one attached hydrogen (secondary N) is 1. The van der Waals surface area contributed by atoms with Gasteiger partial charge in [0.1, 0.15) is 0 Å². The monoisotopic (exact) mass is 596 g/mol. The van der Waals surface area contributed by atoms with Gasteiger partial charge in [0, 0.05) is 41.6 Å². The number of nitrogens with zero attached hydrogens (tertiary/aromatic N) is 1. The molecule has 228 valence electrons. The quantitative estimate of drug-likeness (QED) is 0.204. The average molecular weight is 597 g/mol. The van der Waals surface area contributed by atoms with Crippen LogP contribution in [0.1, 0.15) is 74.8 Å². The van der Waals surface area contributed by atoms with Crippen LogP contribution in [0.5, 0.6) is 0 Å². The molecule has 2 N–H and O–H groups in total. The fraction of sp³-hybridized carbons (Fsp3) is 0.395. The molecule has 0 radical (unpaired) electrons. The number of aliphatic carboxylic acids is 1. The van der Waals surface area contributed by atoms with E-state index in [2.05, 4.69) is 96.9 Å². The first-order chi connectivity index (χ1) is 21.1. The van der Waals surface area contributed by atoms with Crippen LogP contribution in [0.3, 0.4) is 0 Å². The average Bonchev–Trinajstić information content (AvgIpc) is 3.71. The summed E-state index contributed by atoms with van der Waals surface area (Å²) in [6.07, 6.45) is 20.6. The number of allylic oxidation sites excluding steroid dienone is 6. The van der Waals surface area contributed by atoms with Gasteiger partial charge in [-0.05, 0) is 85.1 Å². The topological polar surface area (TPSA) is 52.6 Å². The van der Waals surface area contributed by atoms with E-state index in [0.717, 1.165) is 38.4 Å². The molecule has 1 aromatic heterocycles. The molecule has 1 saturated carbocycles. The summed E-state index contributed by atoms with van der Waals surface area (Å²) in [5, 5.41) is 12.5. The maximum atomic E-state index is 11.1. The highest BCUT2D eigenvalue weighted by Gasteiger charge is 2.16. The molecule has 3 aromatic rings. The first-order valence-electron chi connectivity index (χ1n) is 16.0. The summed E-state index contributed by atoms with van der Waals surface area (Å²) < 4.78 is 0. The number of anilines is 1. The summed E-state index contributed by atoms with van der Waals surface area (Å²) in [7, 11) is 0. The number of carboxylic acids is 1. The lowest BCUT2D eigenvalue weighted by molar-refractivity contribution is -0.137. The largest absolute Gasteiger partial charge is 0.481 e. The van der Waals surface area contributed by atoms with Gasteiger partial charge in [0.25, 0.3) is 0 Å². The second-order valence-electron chi connectivity index (χ2n) is 11.5. The third-order valence-electron chi connectivity index (χ3n) is 8.14. The summed E-state index contributed by atoms with van der Waals surface area (Å²) in [5.41, 5.74) is 6.65. The van der Waals surface area contributed by atoms with E-state index in [9.17, 15) is 4.79 Å². The van der Waals surface area contributed by atoms with Crippen LogP contribution >= 0.6 is 11.3 Å². The molecule has 0 bridgehead atoms. The van der Waals surface area contributed by atoms with Gasteiger partial charge in [0.15, 0.2) is 0 Å². The Hall–Kier alpha value is -3.41. The van der Waals surface area contributed by atoms with Crippen LogP contribution in [0.2, 0.25) is 0 Å². The van der Waals surface area contributed by atoms with Crippen molar-refractivity contribution in [1.82, 2.24) is 4.90 Å². The Bertz CT molecular complexity index is 1370. The van der Waals surface area contributed by atoms with Crippen molar-refractivity contribution < 1.29 is 9.90 Å². The highest BCUT2D eigenvalue weighted by molar-refractivity contribution is 7.15. The van der Waals surface area contributed by atoms with Gasteiger partial charge in [-0.25, -0.2) is 0 Å². The SMILES string of the molecule is C/C=C/C=C(\C=C/CC)C1CCCCC1.O=C(O)CCN(Cc1ccccc1)Cc1ccc(-c2ccc3c(c2)CCN3)s1. The molecule has 2 aliphatic rings. The minimum atomic E-state index is -0.753. The van der Waals surface area contributed by atoms with E-state index in [4.69, 9.17) is 5.11 Å². The minimum Gasteiger partial charge on any atom is -0.481 e. The van der Waals surface area contributed by atoms with Crippen LogP contribution in [0.4, 0.5) is 5.69 Å². The van der Waals surface area contributed by atoms with E-state index >= 15 is 0 Å². The van der Waals surface area contributed by atoms with E-state index in [0.29, 0.717) is 6.54 Å². The molecule has 1 aliphatic heterocycles. The third kappa shape index (κ3) is 10.7.